The summed E-state index contributed by atoms with van der Waals surface area (Å²) >= 11 is 0. The maximum atomic E-state index is 10.8. The minimum absolute atomic E-state index is 0.422. The van der Waals surface area contributed by atoms with Crippen molar-refractivity contribution in [3.8, 4) is 0 Å². The number of hydrogen-bond donors (Lipinski definition) is 2. The van der Waals surface area contributed by atoms with E-state index in [1.807, 2.05) is 52.8 Å². The van der Waals surface area contributed by atoms with Crippen LogP contribution in [-0.2, 0) is 0 Å². The number of H-pyrrole nitrogens is 1. The second kappa shape index (κ2) is 7.49. The van der Waals surface area contributed by atoms with Gasteiger partial charge in [0.05, 0.1) is 0 Å². The predicted octanol–water partition coefficient (Wildman–Crippen LogP) is 3.63. The van der Waals surface area contributed by atoms with Gasteiger partial charge >= 0.3 is 0 Å². The van der Waals surface area contributed by atoms with Gasteiger partial charge in [-0.15, -0.1) is 0 Å². The van der Waals surface area contributed by atoms with Crippen LogP contribution >= 0.6 is 0 Å². The highest BCUT2D eigenvalue weighted by molar-refractivity contribution is 5.97. The second-order valence-electron chi connectivity index (χ2n) is 3.14. The lowest BCUT2D eigenvalue weighted by Gasteiger charge is -1.90. The largest absolute Gasteiger partial charge is 0.364 e. The van der Waals surface area contributed by atoms with Crippen molar-refractivity contribution >= 4 is 16.8 Å². The van der Waals surface area contributed by atoms with Crippen LogP contribution < -0.4 is 5.73 Å². The third-order valence-corrected chi connectivity index (χ3v) is 2.04. The molecule has 0 unspecified atom stereocenters. The summed E-state index contributed by atoms with van der Waals surface area (Å²) in [6.07, 6.45) is 0. The van der Waals surface area contributed by atoms with Crippen molar-refractivity contribution in [1.82, 2.24) is 4.98 Å². The fraction of sp³-hybridized carbons (Fsp3) is 0.357. The number of hydrogen-bond acceptors (Lipinski definition) is 1. The van der Waals surface area contributed by atoms with E-state index in [1.165, 1.54) is 0 Å². The van der Waals surface area contributed by atoms with Gasteiger partial charge in [-0.25, -0.2) is 0 Å². The first-order valence-electron chi connectivity index (χ1n) is 6.06. The minimum Gasteiger partial charge on any atom is -0.364 e. The molecule has 3 heteroatoms. The van der Waals surface area contributed by atoms with E-state index < -0.39 is 5.91 Å². The number of rotatable bonds is 1. The van der Waals surface area contributed by atoms with Gasteiger partial charge in [-0.3, -0.25) is 4.79 Å². The van der Waals surface area contributed by atoms with Crippen LogP contribution in [0, 0.1) is 6.92 Å². The zero-order valence-corrected chi connectivity index (χ0v) is 11.3. The van der Waals surface area contributed by atoms with Gasteiger partial charge in [0.1, 0.15) is 5.69 Å². The Labute approximate surface area is 103 Å². The van der Waals surface area contributed by atoms with E-state index in [0.29, 0.717) is 5.69 Å². The molecule has 1 amide bonds. The standard InChI is InChI=1S/C10H10N2O.2C2H6/c1-6-2-3-7-5-9(10(11)13)12-8(7)4-6;2*1-2/h2-5,12H,1H3,(H2,11,13);2*1-2H3. The van der Waals surface area contributed by atoms with Crippen LogP contribution in [0.1, 0.15) is 43.7 Å². The molecule has 0 bridgehead atoms. The Morgan fingerprint density at radius 2 is 1.71 bits per heavy atom. The number of carbonyl (C=O) groups is 1. The van der Waals surface area contributed by atoms with Gasteiger partial charge in [0.2, 0.25) is 0 Å². The van der Waals surface area contributed by atoms with Gasteiger partial charge < -0.3 is 10.7 Å². The molecular formula is C14H22N2O. The molecule has 2 rings (SSSR count). The Balaban J connectivity index is 0.000000581. The monoisotopic (exact) mass is 234 g/mol. The summed E-state index contributed by atoms with van der Waals surface area (Å²) in [7, 11) is 0. The van der Waals surface area contributed by atoms with Crippen LogP contribution in [0.5, 0.6) is 0 Å². The topological polar surface area (TPSA) is 58.9 Å². The highest BCUT2D eigenvalue weighted by Gasteiger charge is 2.04. The number of primary amides is 1. The molecule has 0 atom stereocenters. The smallest absolute Gasteiger partial charge is 0.265 e. The maximum Gasteiger partial charge on any atom is 0.265 e. The number of nitrogens with two attached hydrogens (primary N) is 1. The van der Waals surface area contributed by atoms with Crippen LogP contribution in [0.2, 0.25) is 0 Å². The van der Waals surface area contributed by atoms with Crippen LogP contribution in [0.4, 0.5) is 0 Å². The Bertz CT molecular complexity index is 472. The third-order valence-electron chi connectivity index (χ3n) is 2.04. The summed E-state index contributed by atoms with van der Waals surface area (Å²) in [4.78, 5) is 13.8. The average Bonchev–Trinajstić information content (AvgIpc) is 2.77. The number of nitrogens with one attached hydrogen (secondary N) is 1. The normalized spacial score (nSPS) is 8.76. The van der Waals surface area contributed by atoms with E-state index in [9.17, 15) is 4.79 Å². The average molecular weight is 234 g/mol. The zero-order valence-electron chi connectivity index (χ0n) is 11.3. The van der Waals surface area contributed by atoms with Crippen LogP contribution in [0.15, 0.2) is 24.3 Å². The fourth-order valence-electron chi connectivity index (χ4n) is 1.37. The molecule has 1 aromatic carbocycles. The number of aryl methyl sites for hydroxylation is 1. The van der Waals surface area contributed by atoms with Crippen molar-refractivity contribution in [3.05, 3.63) is 35.5 Å². The van der Waals surface area contributed by atoms with E-state index in [-0.39, 0.29) is 0 Å². The molecule has 0 aliphatic rings. The van der Waals surface area contributed by atoms with E-state index >= 15 is 0 Å². The number of benzene rings is 1. The van der Waals surface area contributed by atoms with Crippen molar-refractivity contribution < 1.29 is 4.79 Å². The van der Waals surface area contributed by atoms with Crippen LogP contribution in [-0.4, -0.2) is 10.9 Å². The third kappa shape index (κ3) is 3.94. The molecule has 1 aromatic heterocycles. The lowest BCUT2D eigenvalue weighted by Crippen LogP contribution is -2.10. The molecule has 0 aliphatic heterocycles. The number of amides is 1. The molecule has 0 aliphatic carbocycles. The summed E-state index contributed by atoms with van der Waals surface area (Å²) in [6.45, 7) is 10.0. The van der Waals surface area contributed by atoms with E-state index in [1.54, 1.807) is 6.07 Å². The number of fused-ring (bicyclic) bond motifs is 1. The molecular weight excluding hydrogens is 212 g/mol. The SMILES string of the molecule is CC.CC.Cc1ccc2cc(C(N)=O)[nH]c2c1. The molecule has 17 heavy (non-hydrogen) atoms. The maximum absolute atomic E-state index is 10.8. The number of aromatic amines is 1. The first kappa shape index (κ1) is 15.2. The van der Waals surface area contributed by atoms with E-state index in [0.717, 1.165) is 16.5 Å². The summed E-state index contributed by atoms with van der Waals surface area (Å²) in [5.74, 6) is -0.422. The lowest BCUT2D eigenvalue weighted by atomic mass is 10.2. The first-order valence-corrected chi connectivity index (χ1v) is 6.06. The van der Waals surface area contributed by atoms with E-state index in [2.05, 4.69) is 4.98 Å². The summed E-state index contributed by atoms with van der Waals surface area (Å²) < 4.78 is 0. The van der Waals surface area contributed by atoms with Crippen molar-refractivity contribution in [2.45, 2.75) is 34.6 Å². The second-order valence-corrected chi connectivity index (χ2v) is 3.14. The summed E-state index contributed by atoms with van der Waals surface area (Å²) in [5, 5.41) is 1.01. The Morgan fingerprint density at radius 1 is 1.12 bits per heavy atom. The van der Waals surface area contributed by atoms with Crippen LogP contribution in [0.3, 0.4) is 0 Å². The van der Waals surface area contributed by atoms with Crippen molar-refractivity contribution in [2.75, 3.05) is 0 Å². The number of aromatic nitrogens is 1. The molecule has 0 saturated heterocycles. The predicted molar refractivity (Wildman–Crippen MR) is 74.2 cm³/mol. The zero-order chi connectivity index (χ0) is 13.4. The lowest BCUT2D eigenvalue weighted by molar-refractivity contribution is 0.0996. The molecule has 0 radical (unpaired) electrons. The molecule has 0 spiro atoms. The fourth-order valence-corrected chi connectivity index (χ4v) is 1.37. The van der Waals surface area contributed by atoms with Gasteiger partial charge in [0.25, 0.3) is 5.91 Å². The highest BCUT2D eigenvalue weighted by atomic mass is 16.1. The van der Waals surface area contributed by atoms with E-state index in [4.69, 9.17) is 5.73 Å². The Kier molecular flexibility index (Phi) is 6.71. The summed E-state index contributed by atoms with van der Waals surface area (Å²) in [6, 6.07) is 7.72. The highest BCUT2D eigenvalue weighted by Crippen LogP contribution is 2.16. The first-order chi connectivity index (χ1) is 8.16. The minimum atomic E-state index is -0.422. The molecule has 0 saturated carbocycles. The van der Waals surface area contributed by atoms with Gasteiger partial charge in [0, 0.05) is 10.9 Å². The molecule has 2 aromatic rings. The van der Waals surface area contributed by atoms with Crippen molar-refractivity contribution in [3.63, 3.8) is 0 Å². The van der Waals surface area contributed by atoms with Gasteiger partial charge in [-0.05, 0) is 24.6 Å². The molecule has 3 nitrogen and oxygen atoms in total. The van der Waals surface area contributed by atoms with Crippen molar-refractivity contribution in [2.24, 2.45) is 5.73 Å². The molecule has 1 heterocycles. The molecule has 94 valence electrons. The van der Waals surface area contributed by atoms with Gasteiger partial charge in [-0.2, -0.15) is 0 Å². The number of carbonyl (C=O) groups excluding carboxylic acids is 1. The Hall–Kier alpha value is -1.77. The quantitative estimate of drug-likeness (QED) is 0.777. The van der Waals surface area contributed by atoms with Crippen molar-refractivity contribution in [1.29, 1.82) is 0 Å². The summed E-state index contributed by atoms with van der Waals surface area (Å²) in [5.41, 5.74) is 7.71. The molecule has 0 fully saturated rings. The Morgan fingerprint density at radius 3 is 2.24 bits per heavy atom. The van der Waals surface area contributed by atoms with Gasteiger partial charge in [-0.1, -0.05) is 39.8 Å². The molecule has 3 N–H and O–H groups in total. The van der Waals surface area contributed by atoms with Gasteiger partial charge in [0.15, 0.2) is 0 Å². The van der Waals surface area contributed by atoms with Crippen LogP contribution in [0.25, 0.3) is 10.9 Å².